The molecule has 0 saturated heterocycles. The summed E-state index contributed by atoms with van der Waals surface area (Å²) in [4.78, 5) is 0. The second kappa shape index (κ2) is 9.49. The van der Waals surface area contributed by atoms with Gasteiger partial charge in [0.1, 0.15) is 0 Å². The fraction of sp³-hybridized carbons (Fsp3) is 0.562. The van der Waals surface area contributed by atoms with Crippen molar-refractivity contribution in [1.82, 2.24) is 5.32 Å². The number of nitriles is 1. The molecule has 0 aliphatic carbocycles. The maximum Gasteiger partial charge on any atom is 0.155 e. The van der Waals surface area contributed by atoms with E-state index in [9.17, 15) is 5.26 Å². The van der Waals surface area contributed by atoms with E-state index in [-0.39, 0.29) is 0 Å². The van der Waals surface area contributed by atoms with Gasteiger partial charge in [-0.1, -0.05) is 37.3 Å². The minimum atomic E-state index is -0.788. The zero-order valence-corrected chi connectivity index (χ0v) is 12.4. The number of benzene rings is 1. The van der Waals surface area contributed by atoms with Gasteiger partial charge in [-0.25, -0.2) is 0 Å². The molecule has 1 N–H and O–H groups in total. The van der Waals surface area contributed by atoms with Gasteiger partial charge in [0.05, 0.1) is 25.9 Å². The molecule has 0 spiro atoms. The number of ether oxygens (including phenoxy) is 2. The molecule has 0 bridgehead atoms. The van der Waals surface area contributed by atoms with Gasteiger partial charge in [-0.15, -0.1) is 0 Å². The average Bonchev–Trinajstić information content (AvgIpc) is 2.51. The minimum absolute atomic E-state index is 0.320. The van der Waals surface area contributed by atoms with E-state index in [2.05, 4.69) is 18.3 Å². The molecular weight excluding hydrogens is 252 g/mol. The van der Waals surface area contributed by atoms with E-state index >= 15 is 0 Å². The van der Waals surface area contributed by atoms with Crippen molar-refractivity contribution in [2.45, 2.75) is 25.8 Å². The van der Waals surface area contributed by atoms with E-state index in [4.69, 9.17) is 9.47 Å². The summed E-state index contributed by atoms with van der Waals surface area (Å²) in [6.07, 6.45) is 0.967. The van der Waals surface area contributed by atoms with E-state index in [1.165, 1.54) is 0 Å². The monoisotopic (exact) mass is 276 g/mol. The first-order valence-corrected chi connectivity index (χ1v) is 7.16. The van der Waals surface area contributed by atoms with Crippen molar-refractivity contribution in [3.05, 3.63) is 35.9 Å². The molecule has 4 nitrogen and oxygen atoms in total. The Balaban J connectivity index is 2.71. The van der Waals surface area contributed by atoms with Gasteiger partial charge >= 0.3 is 0 Å². The quantitative estimate of drug-likeness (QED) is 0.667. The lowest BCUT2D eigenvalue weighted by Crippen LogP contribution is -2.45. The Morgan fingerprint density at radius 1 is 1.15 bits per heavy atom. The first kappa shape index (κ1) is 16.6. The lowest BCUT2D eigenvalue weighted by atomic mass is 9.92. The Hall–Kier alpha value is -1.41. The van der Waals surface area contributed by atoms with Crippen LogP contribution in [-0.4, -0.2) is 33.0 Å². The third kappa shape index (κ3) is 4.93. The highest BCUT2D eigenvalue weighted by Crippen LogP contribution is 2.21. The highest BCUT2D eigenvalue weighted by Gasteiger charge is 2.31. The first-order valence-electron chi connectivity index (χ1n) is 7.16. The molecule has 0 fully saturated rings. The zero-order valence-electron chi connectivity index (χ0n) is 12.4. The smallest absolute Gasteiger partial charge is 0.155 e. The third-order valence-corrected chi connectivity index (χ3v) is 3.03. The predicted octanol–water partition coefficient (Wildman–Crippen LogP) is 2.46. The van der Waals surface area contributed by atoms with Gasteiger partial charge in [0.2, 0.25) is 0 Å². The Morgan fingerprint density at radius 3 is 2.45 bits per heavy atom. The molecule has 0 heterocycles. The van der Waals surface area contributed by atoms with Gasteiger partial charge in [0.25, 0.3) is 0 Å². The van der Waals surface area contributed by atoms with Gasteiger partial charge in [-0.2, -0.15) is 5.26 Å². The summed E-state index contributed by atoms with van der Waals surface area (Å²) in [5.41, 5.74) is 0.149. The average molecular weight is 276 g/mol. The molecule has 0 radical (unpaired) electrons. The molecule has 1 aromatic carbocycles. The number of hydrogen-bond acceptors (Lipinski definition) is 4. The Bertz CT molecular complexity index is 403. The van der Waals surface area contributed by atoms with Crippen LogP contribution in [0.3, 0.4) is 0 Å². The predicted molar refractivity (Wildman–Crippen MR) is 79.3 cm³/mol. The number of rotatable bonds is 10. The Morgan fingerprint density at radius 2 is 1.85 bits per heavy atom. The Kier molecular flexibility index (Phi) is 7.89. The standard InChI is InChI=1S/C16H24N2O2/c1-3-10-18-16(13-17,14-20-12-11-19-4-2)15-8-6-5-7-9-15/h5-9,18H,3-4,10-12,14H2,1-2H3. The van der Waals surface area contributed by atoms with Crippen LogP contribution in [0, 0.1) is 11.3 Å². The maximum atomic E-state index is 9.64. The maximum absolute atomic E-state index is 9.64. The Labute approximate surface area is 121 Å². The van der Waals surface area contributed by atoms with Gasteiger partial charge in [0, 0.05) is 6.61 Å². The summed E-state index contributed by atoms with van der Waals surface area (Å²) >= 11 is 0. The third-order valence-electron chi connectivity index (χ3n) is 3.03. The molecule has 0 aromatic heterocycles. The molecule has 0 saturated carbocycles. The van der Waals surface area contributed by atoms with Crippen molar-refractivity contribution in [3.8, 4) is 6.07 Å². The van der Waals surface area contributed by atoms with E-state index in [0.717, 1.165) is 18.5 Å². The van der Waals surface area contributed by atoms with Crippen molar-refractivity contribution >= 4 is 0 Å². The molecule has 110 valence electrons. The topological polar surface area (TPSA) is 54.3 Å². The molecule has 0 aliphatic heterocycles. The van der Waals surface area contributed by atoms with E-state index in [0.29, 0.717) is 26.4 Å². The minimum Gasteiger partial charge on any atom is -0.379 e. The van der Waals surface area contributed by atoms with Gasteiger partial charge in [-0.3, -0.25) is 5.32 Å². The van der Waals surface area contributed by atoms with Crippen LogP contribution in [0.15, 0.2) is 30.3 Å². The van der Waals surface area contributed by atoms with E-state index < -0.39 is 5.54 Å². The number of nitrogens with one attached hydrogen (secondary N) is 1. The first-order chi connectivity index (χ1) is 9.79. The summed E-state index contributed by atoms with van der Waals surface area (Å²) in [5.74, 6) is 0. The van der Waals surface area contributed by atoms with Crippen LogP contribution in [0.1, 0.15) is 25.8 Å². The van der Waals surface area contributed by atoms with Crippen LogP contribution >= 0.6 is 0 Å². The van der Waals surface area contributed by atoms with Crippen molar-refractivity contribution in [3.63, 3.8) is 0 Å². The van der Waals surface area contributed by atoms with E-state index in [1.54, 1.807) is 0 Å². The van der Waals surface area contributed by atoms with Crippen molar-refractivity contribution in [2.75, 3.05) is 33.0 Å². The molecule has 4 heteroatoms. The number of nitrogens with zero attached hydrogens (tertiary/aromatic N) is 1. The zero-order chi connectivity index (χ0) is 14.7. The van der Waals surface area contributed by atoms with Crippen LogP contribution in [0.4, 0.5) is 0 Å². The summed E-state index contributed by atoms with van der Waals surface area (Å²) in [6.45, 7) is 6.86. The SMILES string of the molecule is CCCNC(C#N)(COCCOCC)c1ccccc1. The highest BCUT2D eigenvalue weighted by molar-refractivity contribution is 5.31. The van der Waals surface area contributed by atoms with Crippen LogP contribution in [0.2, 0.25) is 0 Å². The van der Waals surface area contributed by atoms with Gasteiger partial charge in [-0.05, 0) is 25.5 Å². The molecule has 1 rings (SSSR count). The highest BCUT2D eigenvalue weighted by atomic mass is 16.5. The molecule has 20 heavy (non-hydrogen) atoms. The van der Waals surface area contributed by atoms with Gasteiger partial charge < -0.3 is 9.47 Å². The van der Waals surface area contributed by atoms with E-state index in [1.807, 2.05) is 37.3 Å². The largest absolute Gasteiger partial charge is 0.379 e. The molecule has 1 unspecified atom stereocenters. The lowest BCUT2D eigenvalue weighted by molar-refractivity contribution is 0.0325. The summed E-state index contributed by atoms with van der Waals surface area (Å²) in [5, 5.41) is 12.9. The van der Waals surface area contributed by atoms with Crippen LogP contribution in [0.25, 0.3) is 0 Å². The molecular formula is C16H24N2O2. The fourth-order valence-corrected chi connectivity index (χ4v) is 1.92. The normalized spacial score (nSPS) is 13.7. The lowest BCUT2D eigenvalue weighted by Gasteiger charge is -2.28. The molecule has 1 atom stereocenters. The van der Waals surface area contributed by atoms with Crippen molar-refractivity contribution < 1.29 is 9.47 Å². The van der Waals surface area contributed by atoms with Crippen LogP contribution in [-0.2, 0) is 15.0 Å². The van der Waals surface area contributed by atoms with Crippen LogP contribution in [0.5, 0.6) is 0 Å². The van der Waals surface area contributed by atoms with Crippen molar-refractivity contribution in [2.24, 2.45) is 0 Å². The molecule has 1 aromatic rings. The second-order valence-electron chi connectivity index (χ2n) is 4.56. The second-order valence-corrected chi connectivity index (χ2v) is 4.56. The van der Waals surface area contributed by atoms with Gasteiger partial charge in [0.15, 0.2) is 5.54 Å². The summed E-state index contributed by atoms with van der Waals surface area (Å²) < 4.78 is 10.9. The fourth-order valence-electron chi connectivity index (χ4n) is 1.92. The summed E-state index contributed by atoms with van der Waals surface area (Å²) in [7, 11) is 0. The molecule has 0 amide bonds. The molecule has 0 aliphatic rings. The van der Waals surface area contributed by atoms with Crippen LogP contribution < -0.4 is 5.32 Å². The summed E-state index contributed by atoms with van der Waals surface area (Å²) in [6, 6.07) is 12.1. The number of hydrogen-bond donors (Lipinski definition) is 1. The van der Waals surface area contributed by atoms with Crippen molar-refractivity contribution in [1.29, 1.82) is 5.26 Å².